The number of rotatable bonds is 7. The summed E-state index contributed by atoms with van der Waals surface area (Å²) in [5.41, 5.74) is 0. The molecular weight excluding hydrogens is 278 g/mol. The number of benzene rings is 1. The number of ether oxygens (including phenoxy) is 1. The standard InChI is InChI=1S/C15H22ClNO3/c1-10(2)14(18)8-15(19)17-9-11(3)20-13-6-4-5-12(16)7-13/h4-7,10-11,14,18H,8-9H2,1-3H3,(H,17,19). The molecule has 0 aliphatic heterocycles. The first kappa shape index (κ1) is 16.8. The molecule has 0 spiro atoms. The molecule has 0 saturated heterocycles. The second-order valence-electron chi connectivity index (χ2n) is 5.21. The Morgan fingerprint density at radius 1 is 1.40 bits per heavy atom. The van der Waals surface area contributed by atoms with Gasteiger partial charge in [0.1, 0.15) is 11.9 Å². The van der Waals surface area contributed by atoms with E-state index >= 15 is 0 Å². The zero-order valence-corrected chi connectivity index (χ0v) is 12.9. The number of halogens is 1. The summed E-state index contributed by atoms with van der Waals surface area (Å²) in [6, 6.07) is 7.12. The van der Waals surface area contributed by atoms with Gasteiger partial charge in [-0.2, -0.15) is 0 Å². The molecule has 0 aliphatic rings. The van der Waals surface area contributed by atoms with Crippen molar-refractivity contribution in [1.29, 1.82) is 0 Å². The second kappa shape index (κ2) is 8.12. The van der Waals surface area contributed by atoms with E-state index in [1.165, 1.54) is 0 Å². The largest absolute Gasteiger partial charge is 0.489 e. The van der Waals surface area contributed by atoms with Crippen molar-refractivity contribution in [2.75, 3.05) is 6.54 Å². The zero-order chi connectivity index (χ0) is 15.1. The predicted octanol–water partition coefficient (Wildman–Crippen LogP) is 2.63. The molecule has 2 unspecified atom stereocenters. The highest BCUT2D eigenvalue weighted by molar-refractivity contribution is 6.30. The zero-order valence-electron chi connectivity index (χ0n) is 12.1. The lowest BCUT2D eigenvalue weighted by molar-refractivity contribution is -0.123. The molecule has 0 saturated carbocycles. The molecule has 2 atom stereocenters. The van der Waals surface area contributed by atoms with E-state index in [0.717, 1.165) is 0 Å². The van der Waals surface area contributed by atoms with E-state index in [-0.39, 0.29) is 24.3 Å². The van der Waals surface area contributed by atoms with Crippen LogP contribution < -0.4 is 10.1 Å². The summed E-state index contributed by atoms with van der Waals surface area (Å²) < 4.78 is 5.64. The summed E-state index contributed by atoms with van der Waals surface area (Å²) >= 11 is 5.87. The van der Waals surface area contributed by atoms with Crippen LogP contribution in [0.5, 0.6) is 5.75 Å². The Morgan fingerprint density at radius 3 is 2.70 bits per heavy atom. The number of aliphatic hydroxyl groups is 1. The highest BCUT2D eigenvalue weighted by Crippen LogP contribution is 2.18. The Kier molecular flexibility index (Phi) is 6.82. The molecular formula is C15H22ClNO3. The average Bonchev–Trinajstić information content (AvgIpc) is 2.36. The molecule has 1 aromatic rings. The van der Waals surface area contributed by atoms with Gasteiger partial charge >= 0.3 is 0 Å². The summed E-state index contributed by atoms with van der Waals surface area (Å²) in [4.78, 5) is 11.6. The van der Waals surface area contributed by atoms with Gasteiger partial charge in [0.2, 0.25) is 5.91 Å². The molecule has 1 rings (SSSR count). The molecule has 0 heterocycles. The van der Waals surface area contributed by atoms with Crippen LogP contribution in [0.3, 0.4) is 0 Å². The maximum absolute atomic E-state index is 11.6. The van der Waals surface area contributed by atoms with Crippen LogP contribution in [-0.4, -0.2) is 29.8 Å². The van der Waals surface area contributed by atoms with Gasteiger partial charge in [-0.3, -0.25) is 4.79 Å². The third-order valence-electron chi connectivity index (χ3n) is 2.88. The van der Waals surface area contributed by atoms with Crippen molar-refractivity contribution in [2.24, 2.45) is 5.92 Å². The van der Waals surface area contributed by atoms with Gasteiger partial charge in [0.05, 0.1) is 19.1 Å². The first-order valence-corrected chi connectivity index (χ1v) is 7.13. The first-order valence-electron chi connectivity index (χ1n) is 6.75. The van der Waals surface area contributed by atoms with Gasteiger partial charge in [0.15, 0.2) is 0 Å². The molecule has 5 heteroatoms. The summed E-state index contributed by atoms with van der Waals surface area (Å²) in [5, 5.41) is 13.0. The van der Waals surface area contributed by atoms with Crippen molar-refractivity contribution < 1.29 is 14.6 Å². The molecule has 0 bridgehead atoms. The number of amides is 1. The SMILES string of the molecule is CC(CNC(=O)CC(O)C(C)C)Oc1cccc(Cl)c1. The number of carbonyl (C=O) groups is 1. The highest BCUT2D eigenvalue weighted by Gasteiger charge is 2.15. The van der Waals surface area contributed by atoms with Gasteiger partial charge in [0, 0.05) is 5.02 Å². The van der Waals surface area contributed by atoms with Crippen molar-refractivity contribution in [3.05, 3.63) is 29.3 Å². The van der Waals surface area contributed by atoms with Gasteiger partial charge < -0.3 is 15.2 Å². The van der Waals surface area contributed by atoms with Gasteiger partial charge in [0.25, 0.3) is 0 Å². The summed E-state index contributed by atoms with van der Waals surface area (Å²) in [6.45, 7) is 6.00. The lowest BCUT2D eigenvalue weighted by atomic mass is 10.0. The number of hydrogen-bond acceptors (Lipinski definition) is 3. The minimum Gasteiger partial charge on any atom is -0.489 e. The molecule has 0 fully saturated rings. The van der Waals surface area contributed by atoms with E-state index in [9.17, 15) is 9.90 Å². The van der Waals surface area contributed by atoms with Crippen LogP contribution in [0.2, 0.25) is 5.02 Å². The minimum atomic E-state index is -0.612. The van der Waals surface area contributed by atoms with Gasteiger partial charge in [-0.1, -0.05) is 31.5 Å². The van der Waals surface area contributed by atoms with Gasteiger partial charge in [-0.15, -0.1) is 0 Å². The third-order valence-corrected chi connectivity index (χ3v) is 3.12. The maximum atomic E-state index is 11.6. The number of aliphatic hydroxyl groups excluding tert-OH is 1. The molecule has 0 radical (unpaired) electrons. The van der Waals surface area contributed by atoms with E-state index in [2.05, 4.69) is 5.32 Å². The van der Waals surface area contributed by atoms with Crippen LogP contribution in [0.1, 0.15) is 27.2 Å². The molecule has 1 aromatic carbocycles. The van der Waals surface area contributed by atoms with Crippen molar-refractivity contribution in [1.82, 2.24) is 5.32 Å². The molecule has 1 amide bonds. The number of hydrogen-bond donors (Lipinski definition) is 2. The average molecular weight is 300 g/mol. The fraction of sp³-hybridized carbons (Fsp3) is 0.533. The second-order valence-corrected chi connectivity index (χ2v) is 5.64. The van der Waals surface area contributed by atoms with Crippen LogP contribution in [0.15, 0.2) is 24.3 Å². The van der Waals surface area contributed by atoms with E-state index in [0.29, 0.717) is 17.3 Å². The van der Waals surface area contributed by atoms with Crippen molar-refractivity contribution >= 4 is 17.5 Å². The van der Waals surface area contributed by atoms with E-state index in [1.54, 1.807) is 12.1 Å². The summed E-state index contributed by atoms with van der Waals surface area (Å²) in [5.74, 6) is 0.565. The lowest BCUT2D eigenvalue weighted by Crippen LogP contribution is -2.36. The van der Waals surface area contributed by atoms with Crippen LogP contribution in [-0.2, 0) is 4.79 Å². The monoisotopic (exact) mass is 299 g/mol. The lowest BCUT2D eigenvalue weighted by Gasteiger charge is -2.17. The number of nitrogens with one attached hydrogen (secondary N) is 1. The molecule has 20 heavy (non-hydrogen) atoms. The van der Waals surface area contributed by atoms with E-state index < -0.39 is 6.10 Å². The maximum Gasteiger partial charge on any atom is 0.222 e. The van der Waals surface area contributed by atoms with Crippen molar-refractivity contribution in [2.45, 2.75) is 39.4 Å². The van der Waals surface area contributed by atoms with Crippen LogP contribution >= 0.6 is 11.6 Å². The Balaban J connectivity index is 2.32. The Morgan fingerprint density at radius 2 is 2.10 bits per heavy atom. The van der Waals surface area contributed by atoms with Gasteiger partial charge in [-0.25, -0.2) is 0 Å². The highest BCUT2D eigenvalue weighted by atomic mass is 35.5. The Labute approximate surface area is 125 Å². The summed E-state index contributed by atoms with van der Waals surface area (Å²) in [7, 11) is 0. The molecule has 4 nitrogen and oxygen atoms in total. The predicted molar refractivity (Wildman–Crippen MR) is 80.0 cm³/mol. The minimum absolute atomic E-state index is 0.0703. The van der Waals surface area contributed by atoms with Crippen molar-refractivity contribution in [3.63, 3.8) is 0 Å². The third kappa shape index (κ3) is 6.26. The van der Waals surface area contributed by atoms with E-state index in [4.69, 9.17) is 16.3 Å². The van der Waals surface area contributed by atoms with Crippen molar-refractivity contribution in [3.8, 4) is 5.75 Å². The smallest absolute Gasteiger partial charge is 0.222 e. The first-order chi connectivity index (χ1) is 9.38. The van der Waals surface area contributed by atoms with Crippen LogP contribution in [0, 0.1) is 5.92 Å². The van der Waals surface area contributed by atoms with Crippen LogP contribution in [0.4, 0.5) is 0 Å². The van der Waals surface area contributed by atoms with Gasteiger partial charge in [-0.05, 0) is 31.0 Å². The van der Waals surface area contributed by atoms with E-state index in [1.807, 2.05) is 32.9 Å². The molecule has 112 valence electrons. The molecule has 2 N–H and O–H groups in total. The normalized spacial score (nSPS) is 13.9. The van der Waals surface area contributed by atoms with Crippen LogP contribution in [0.25, 0.3) is 0 Å². The summed E-state index contributed by atoms with van der Waals surface area (Å²) in [6.07, 6.45) is -0.672. The Bertz CT molecular complexity index is 437. The quantitative estimate of drug-likeness (QED) is 0.814. The fourth-order valence-corrected chi connectivity index (χ4v) is 1.75. The molecule has 0 aromatic heterocycles. The number of carbonyl (C=O) groups excluding carboxylic acids is 1. The Hall–Kier alpha value is -1.26. The molecule has 0 aliphatic carbocycles. The topological polar surface area (TPSA) is 58.6 Å². The fourth-order valence-electron chi connectivity index (χ4n) is 1.57.